The number of nitrogens with one attached hydrogen (secondary N) is 1. The molecule has 3 fully saturated rings. The molecule has 1 saturated heterocycles. The molecule has 0 radical (unpaired) electrons. The molecule has 0 spiro atoms. The molecule has 0 aromatic carbocycles. The van der Waals surface area contributed by atoms with Crippen LogP contribution in [0.15, 0.2) is 0 Å². The zero-order valence-corrected chi connectivity index (χ0v) is 13.3. The van der Waals surface area contributed by atoms with Crippen LogP contribution in [0.3, 0.4) is 0 Å². The van der Waals surface area contributed by atoms with Gasteiger partial charge < -0.3 is 4.90 Å². The van der Waals surface area contributed by atoms with Crippen LogP contribution in [0.4, 0.5) is 0 Å². The SMILES string of the molecule is CCC1(C)NC(C2CCCC2)N(C2CCCC2C)C1=O. The number of nitrogens with zero attached hydrogens (tertiary/aromatic N) is 1. The maximum absolute atomic E-state index is 13.0. The van der Waals surface area contributed by atoms with Gasteiger partial charge in [0.15, 0.2) is 0 Å². The lowest BCUT2D eigenvalue weighted by atomic mass is 9.97. The van der Waals surface area contributed by atoms with E-state index in [-0.39, 0.29) is 5.54 Å². The molecule has 1 N–H and O–H groups in total. The summed E-state index contributed by atoms with van der Waals surface area (Å²) in [6, 6.07) is 0.481. The Hall–Kier alpha value is -0.570. The molecule has 20 heavy (non-hydrogen) atoms. The second-order valence-electron chi connectivity index (χ2n) is 7.51. The Morgan fingerprint density at radius 2 is 1.90 bits per heavy atom. The van der Waals surface area contributed by atoms with Gasteiger partial charge in [0.2, 0.25) is 5.91 Å². The Morgan fingerprint density at radius 3 is 2.45 bits per heavy atom. The Balaban J connectivity index is 1.87. The number of hydrogen-bond acceptors (Lipinski definition) is 2. The minimum atomic E-state index is -0.324. The molecular formula is C17H30N2O. The highest BCUT2D eigenvalue weighted by Crippen LogP contribution is 2.40. The highest BCUT2D eigenvalue weighted by Gasteiger charge is 2.52. The van der Waals surface area contributed by atoms with Crippen LogP contribution in [0.1, 0.15) is 72.1 Å². The number of carbonyl (C=O) groups is 1. The van der Waals surface area contributed by atoms with Crippen LogP contribution >= 0.6 is 0 Å². The summed E-state index contributed by atoms with van der Waals surface area (Å²) < 4.78 is 0. The molecule has 3 heteroatoms. The van der Waals surface area contributed by atoms with Gasteiger partial charge in [-0.25, -0.2) is 0 Å². The first-order chi connectivity index (χ1) is 9.57. The molecular weight excluding hydrogens is 248 g/mol. The quantitative estimate of drug-likeness (QED) is 0.859. The normalized spacial score (nSPS) is 42.9. The van der Waals surface area contributed by atoms with Crippen molar-refractivity contribution >= 4 is 5.91 Å². The summed E-state index contributed by atoms with van der Waals surface area (Å²) in [4.78, 5) is 15.3. The number of rotatable bonds is 3. The Labute approximate surface area is 123 Å². The van der Waals surface area contributed by atoms with Crippen molar-refractivity contribution in [2.24, 2.45) is 11.8 Å². The monoisotopic (exact) mass is 278 g/mol. The van der Waals surface area contributed by atoms with E-state index in [9.17, 15) is 4.79 Å². The largest absolute Gasteiger partial charge is 0.322 e. The fourth-order valence-electron chi connectivity index (χ4n) is 4.64. The standard InChI is InChI=1S/C17H30N2O/c1-4-17(3)16(20)19(14-11-7-8-12(14)2)15(18-17)13-9-5-6-10-13/h12-15,18H,4-11H2,1-3H3. The molecule has 3 aliphatic rings. The molecule has 1 heterocycles. The van der Waals surface area contributed by atoms with Crippen molar-refractivity contribution in [1.29, 1.82) is 0 Å². The molecule has 2 aliphatic carbocycles. The van der Waals surface area contributed by atoms with Crippen LogP contribution in [0, 0.1) is 11.8 Å². The van der Waals surface area contributed by atoms with E-state index in [4.69, 9.17) is 0 Å². The summed E-state index contributed by atoms with van der Waals surface area (Å²) in [7, 11) is 0. The predicted molar refractivity (Wildman–Crippen MR) is 81.2 cm³/mol. The lowest BCUT2D eigenvalue weighted by Gasteiger charge is -2.36. The third kappa shape index (κ3) is 2.18. The van der Waals surface area contributed by atoms with Crippen molar-refractivity contribution in [1.82, 2.24) is 10.2 Å². The van der Waals surface area contributed by atoms with Crippen molar-refractivity contribution in [2.75, 3.05) is 0 Å². The second-order valence-corrected chi connectivity index (χ2v) is 7.51. The van der Waals surface area contributed by atoms with E-state index in [1.54, 1.807) is 0 Å². The topological polar surface area (TPSA) is 32.3 Å². The van der Waals surface area contributed by atoms with Crippen molar-refractivity contribution < 1.29 is 4.79 Å². The second kappa shape index (κ2) is 5.32. The summed E-state index contributed by atoms with van der Waals surface area (Å²) >= 11 is 0. The van der Waals surface area contributed by atoms with Crippen LogP contribution in [-0.4, -0.2) is 28.6 Å². The lowest BCUT2D eigenvalue weighted by molar-refractivity contribution is -0.136. The van der Waals surface area contributed by atoms with E-state index < -0.39 is 0 Å². The first-order valence-electron chi connectivity index (χ1n) is 8.67. The first-order valence-corrected chi connectivity index (χ1v) is 8.67. The van der Waals surface area contributed by atoms with E-state index in [1.165, 1.54) is 44.9 Å². The van der Waals surface area contributed by atoms with Gasteiger partial charge in [-0.2, -0.15) is 0 Å². The number of carbonyl (C=O) groups excluding carboxylic acids is 1. The maximum Gasteiger partial charge on any atom is 0.244 e. The highest BCUT2D eigenvalue weighted by molar-refractivity contribution is 5.88. The van der Waals surface area contributed by atoms with Gasteiger partial charge in [0.25, 0.3) is 0 Å². The van der Waals surface area contributed by atoms with Crippen LogP contribution in [0.25, 0.3) is 0 Å². The van der Waals surface area contributed by atoms with E-state index in [2.05, 4.69) is 31.0 Å². The van der Waals surface area contributed by atoms with Gasteiger partial charge in [0, 0.05) is 6.04 Å². The molecule has 1 amide bonds. The molecule has 3 rings (SSSR count). The minimum Gasteiger partial charge on any atom is -0.322 e. The van der Waals surface area contributed by atoms with Gasteiger partial charge in [-0.15, -0.1) is 0 Å². The Kier molecular flexibility index (Phi) is 3.83. The zero-order valence-electron chi connectivity index (χ0n) is 13.3. The minimum absolute atomic E-state index is 0.306. The van der Waals surface area contributed by atoms with Gasteiger partial charge in [-0.05, 0) is 50.9 Å². The molecule has 0 aromatic rings. The molecule has 4 unspecified atom stereocenters. The molecule has 114 valence electrons. The van der Waals surface area contributed by atoms with Crippen LogP contribution in [-0.2, 0) is 4.79 Å². The molecule has 2 saturated carbocycles. The smallest absolute Gasteiger partial charge is 0.244 e. The van der Waals surface area contributed by atoms with Crippen LogP contribution in [0.5, 0.6) is 0 Å². The van der Waals surface area contributed by atoms with Gasteiger partial charge in [-0.3, -0.25) is 10.1 Å². The number of amides is 1. The summed E-state index contributed by atoms with van der Waals surface area (Å²) in [6.07, 6.45) is 10.3. The summed E-state index contributed by atoms with van der Waals surface area (Å²) in [5.41, 5.74) is -0.324. The molecule has 4 atom stereocenters. The van der Waals surface area contributed by atoms with E-state index >= 15 is 0 Å². The third-order valence-electron chi connectivity index (χ3n) is 6.20. The van der Waals surface area contributed by atoms with Crippen molar-refractivity contribution in [2.45, 2.75) is 89.9 Å². The average Bonchev–Trinajstić information content (AvgIpc) is 3.13. The first kappa shape index (κ1) is 14.4. The fraction of sp³-hybridized carbons (Fsp3) is 0.941. The van der Waals surface area contributed by atoms with Crippen LogP contribution in [0.2, 0.25) is 0 Å². The Morgan fingerprint density at radius 1 is 1.20 bits per heavy atom. The van der Waals surface area contributed by atoms with Gasteiger partial charge >= 0.3 is 0 Å². The van der Waals surface area contributed by atoms with Crippen molar-refractivity contribution in [3.8, 4) is 0 Å². The van der Waals surface area contributed by atoms with E-state index in [0.29, 0.717) is 30.0 Å². The van der Waals surface area contributed by atoms with Crippen molar-refractivity contribution in [3.63, 3.8) is 0 Å². The predicted octanol–water partition coefficient (Wildman–Crippen LogP) is 3.29. The average molecular weight is 278 g/mol. The molecule has 3 nitrogen and oxygen atoms in total. The van der Waals surface area contributed by atoms with Crippen molar-refractivity contribution in [3.05, 3.63) is 0 Å². The Bertz CT molecular complexity index is 377. The summed E-state index contributed by atoms with van der Waals surface area (Å²) in [6.45, 7) is 6.58. The fourth-order valence-corrected chi connectivity index (χ4v) is 4.64. The van der Waals surface area contributed by atoms with Gasteiger partial charge in [-0.1, -0.05) is 33.1 Å². The van der Waals surface area contributed by atoms with Gasteiger partial charge in [0.05, 0.1) is 11.7 Å². The summed E-state index contributed by atoms with van der Waals surface area (Å²) in [5.74, 6) is 1.72. The maximum atomic E-state index is 13.0. The van der Waals surface area contributed by atoms with E-state index in [0.717, 1.165) is 6.42 Å². The zero-order chi connectivity index (χ0) is 14.3. The lowest BCUT2D eigenvalue weighted by Crippen LogP contribution is -2.49. The number of hydrogen-bond donors (Lipinski definition) is 1. The molecule has 1 aliphatic heterocycles. The van der Waals surface area contributed by atoms with Crippen LogP contribution < -0.4 is 5.32 Å². The molecule has 0 aromatic heterocycles. The third-order valence-corrected chi connectivity index (χ3v) is 6.20. The van der Waals surface area contributed by atoms with E-state index in [1.807, 2.05) is 0 Å². The molecule has 0 bridgehead atoms. The highest BCUT2D eigenvalue weighted by atomic mass is 16.2. The summed E-state index contributed by atoms with van der Waals surface area (Å²) in [5, 5.41) is 3.73. The van der Waals surface area contributed by atoms with Gasteiger partial charge in [0.1, 0.15) is 0 Å².